The number of amides is 2. The number of hydrogen-bond acceptors (Lipinski definition) is 3. The van der Waals surface area contributed by atoms with Crippen LogP contribution in [-0.2, 0) is 9.59 Å². The van der Waals surface area contributed by atoms with Gasteiger partial charge in [-0.15, -0.1) is 0 Å². The second-order valence-electron chi connectivity index (χ2n) is 6.21. The maximum absolute atomic E-state index is 12.8. The molecule has 3 aromatic carbocycles. The van der Waals surface area contributed by atoms with Gasteiger partial charge in [-0.25, -0.2) is 5.01 Å². The van der Waals surface area contributed by atoms with Crippen molar-refractivity contribution in [3.8, 4) is 0 Å². The fourth-order valence-corrected chi connectivity index (χ4v) is 3.29. The second-order valence-corrected chi connectivity index (χ2v) is 7.13. The fourth-order valence-electron chi connectivity index (χ4n) is 3.03. The van der Waals surface area contributed by atoms with Gasteiger partial charge in [0.1, 0.15) is 5.71 Å². The van der Waals surface area contributed by atoms with Gasteiger partial charge >= 0.3 is 0 Å². The van der Waals surface area contributed by atoms with Crippen LogP contribution in [0.1, 0.15) is 12.8 Å². The summed E-state index contributed by atoms with van der Waals surface area (Å²) in [5, 5.41) is 10.6. The predicted octanol–water partition coefficient (Wildman–Crippen LogP) is 4.72. The smallest absolute Gasteiger partial charge is 0.271 e. The first-order valence-electron chi connectivity index (χ1n) is 8.57. The van der Waals surface area contributed by atoms with Crippen LogP contribution in [0.2, 0.25) is 0 Å². The normalized spacial score (nSPS) is 14.2. The van der Waals surface area contributed by atoms with Gasteiger partial charge in [-0.2, -0.15) is 5.10 Å². The number of hydrogen-bond donors (Lipinski definition) is 1. The molecule has 2 amide bonds. The predicted molar refractivity (Wildman–Crippen MR) is 111 cm³/mol. The molecule has 6 heteroatoms. The molecule has 3 aromatic rings. The summed E-state index contributed by atoms with van der Waals surface area (Å²) in [6.07, 6.45) is 0.570. The van der Waals surface area contributed by atoms with E-state index in [9.17, 15) is 9.59 Å². The molecule has 1 aliphatic rings. The maximum Gasteiger partial charge on any atom is 0.271 e. The van der Waals surface area contributed by atoms with E-state index in [-0.39, 0.29) is 18.2 Å². The third-order valence-electron chi connectivity index (χ3n) is 4.40. The lowest BCUT2D eigenvalue weighted by Gasteiger charge is -2.23. The molecule has 0 atom stereocenters. The van der Waals surface area contributed by atoms with E-state index in [2.05, 4.69) is 26.3 Å². The standard InChI is InChI=1S/C21H16BrN3O2/c22-15-8-10-16(11-9-15)25-20(26)13-12-19(24-25)21(27)23-18-7-3-5-14-4-1-2-6-17(14)18/h1-11H,12-13H2,(H,23,27). The average Bonchev–Trinajstić information content (AvgIpc) is 2.69. The molecule has 0 unspecified atom stereocenters. The summed E-state index contributed by atoms with van der Waals surface area (Å²) in [6, 6.07) is 20.9. The minimum atomic E-state index is -0.291. The Hall–Kier alpha value is -2.99. The van der Waals surface area contributed by atoms with Crippen molar-refractivity contribution in [3.63, 3.8) is 0 Å². The first-order valence-corrected chi connectivity index (χ1v) is 9.36. The van der Waals surface area contributed by atoms with E-state index < -0.39 is 0 Å². The van der Waals surface area contributed by atoms with Gasteiger partial charge in [0.15, 0.2) is 0 Å². The average molecular weight is 422 g/mol. The third-order valence-corrected chi connectivity index (χ3v) is 4.93. The molecule has 1 N–H and O–H groups in total. The zero-order chi connectivity index (χ0) is 18.8. The number of halogens is 1. The van der Waals surface area contributed by atoms with Gasteiger partial charge in [0.2, 0.25) is 5.91 Å². The molecule has 1 heterocycles. The molecule has 0 aromatic heterocycles. The van der Waals surface area contributed by atoms with Gasteiger partial charge in [0, 0.05) is 28.4 Å². The Kier molecular flexibility index (Phi) is 4.73. The van der Waals surface area contributed by atoms with Crippen LogP contribution in [0.3, 0.4) is 0 Å². The molecule has 0 saturated carbocycles. The molecule has 0 spiro atoms. The van der Waals surface area contributed by atoms with Crippen LogP contribution >= 0.6 is 15.9 Å². The SMILES string of the molecule is O=C(Nc1cccc2ccccc12)C1=NN(c2ccc(Br)cc2)C(=O)CC1. The van der Waals surface area contributed by atoms with Crippen molar-refractivity contribution in [3.05, 3.63) is 71.2 Å². The third kappa shape index (κ3) is 3.61. The fraction of sp³-hybridized carbons (Fsp3) is 0.0952. The van der Waals surface area contributed by atoms with E-state index in [1.807, 2.05) is 54.6 Å². The van der Waals surface area contributed by atoms with E-state index in [0.29, 0.717) is 17.8 Å². The number of carbonyl (C=O) groups excluding carboxylic acids is 2. The highest BCUT2D eigenvalue weighted by atomic mass is 79.9. The number of carbonyl (C=O) groups is 2. The molecule has 0 bridgehead atoms. The summed E-state index contributed by atoms with van der Waals surface area (Å²) in [6.45, 7) is 0. The van der Waals surface area contributed by atoms with E-state index in [4.69, 9.17) is 0 Å². The van der Waals surface area contributed by atoms with E-state index in [1.54, 1.807) is 12.1 Å². The highest BCUT2D eigenvalue weighted by Crippen LogP contribution is 2.25. The number of benzene rings is 3. The Morgan fingerprint density at radius 1 is 0.963 bits per heavy atom. The number of hydrazone groups is 1. The van der Waals surface area contributed by atoms with Crippen molar-refractivity contribution in [2.75, 3.05) is 10.3 Å². The summed E-state index contributed by atoms with van der Waals surface area (Å²) in [7, 11) is 0. The number of fused-ring (bicyclic) bond motifs is 1. The Labute approximate surface area is 164 Å². The van der Waals surface area contributed by atoms with Crippen LogP contribution in [0.5, 0.6) is 0 Å². The van der Waals surface area contributed by atoms with Gasteiger partial charge in [-0.05, 0) is 35.7 Å². The van der Waals surface area contributed by atoms with Crippen molar-refractivity contribution >= 4 is 55.6 Å². The van der Waals surface area contributed by atoms with Crippen molar-refractivity contribution < 1.29 is 9.59 Å². The second kappa shape index (κ2) is 7.32. The van der Waals surface area contributed by atoms with Crippen LogP contribution in [0.15, 0.2) is 76.3 Å². The van der Waals surface area contributed by atoms with Crippen LogP contribution in [0.25, 0.3) is 10.8 Å². The molecule has 0 aliphatic carbocycles. The summed E-state index contributed by atoms with van der Waals surface area (Å²) >= 11 is 3.37. The largest absolute Gasteiger partial charge is 0.320 e. The zero-order valence-corrected chi connectivity index (χ0v) is 15.9. The molecular formula is C21H16BrN3O2. The number of anilines is 2. The molecule has 4 rings (SSSR count). The number of rotatable bonds is 3. The van der Waals surface area contributed by atoms with Gasteiger partial charge < -0.3 is 5.32 Å². The van der Waals surface area contributed by atoms with E-state index >= 15 is 0 Å². The monoisotopic (exact) mass is 421 g/mol. The summed E-state index contributed by atoms with van der Waals surface area (Å²) < 4.78 is 0.911. The Morgan fingerprint density at radius 3 is 2.52 bits per heavy atom. The molecular weight excluding hydrogens is 406 g/mol. The first-order chi connectivity index (χ1) is 13.1. The van der Waals surface area contributed by atoms with Crippen LogP contribution in [0, 0.1) is 0 Å². The lowest BCUT2D eigenvalue weighted by Crippen LogP contribution is -2.36. The van der Waals surface area contributed by atoms with Crippen LogP contribution in [0.4, 0.5) is 11.4 Å². The quantitative estimate of drug-likeness (QED) is 0.664. The Morgan fingerprint density at radius 2 is 1.70 bits per heavy atom. The lowest BCUT2D eigenvalue weighted by molar-refractivity contribution is -0.118. The first kappa shape index (κ1) is 17.4. The van der Waals surface area contributed by atoms with E-state index in [0.717, 1.165) is 20.9 Å². The van der Waals surface area contributed by atoms with Gasteiger partial charge in [0.25, 0.3) is 5.91 Å². The van der Waals surface area contributed by atoms with Crippen molar-refractivity contribution in [1.29, 1.82) is 0 Å². The topological polar surface area (TPSA) is 61.8 Å². The van der Waals surface area contributed by atoms with Crippen molar-refractivity contribution in [1.82, 2.24) is 0 Å². The summed E-state index contributed by atoms with van der Waals surface area (Å²) in [5.74, 6) is -0.417. The molecule has 0 radical (unpaired) electrons. The number of nitrogens with zero attached hydrogens (tertiary/aromatic N) is 2. The highest BCUT2D eigenvalue weighted by Gasteiger charge is 2.25. The Bertz CT molecular complexity index is 1060. The van der Waals surface area contributed by atoms with Crippen LogP contribution < -0.4 is 10.3 Å². The molecule has 0 saturated heterocycles. The van der Waals surface area contributed by atoms with Crippen molar-refractivity contribution in [2.45, 2.75) is 12.8 Å². The zero-order valence-electron chi connectivity index (χ0n) is 14.4. The molecule has 1 aliphatic heterocycles. The van der Waals surface area contributed by atoms with Gasteiger partial charge in [-0.3, -0.25) is 9.59 Å². The minimum Gasteiger partial charge on any atom is -0.320 e. The summed E-state index contributed by atoms with van der Waals surface area (Å²) in [5.41, 5.74) is 1.71. The van der Waals surface area contributed by atoms with Crippen molar-refractivity contribution in [2.24, 2.45) is 5.10 Å². The molecule has 134 valence electrons. The molecule has 5 nitrogen and oxygen atoms in total. The Balaban J connectivity index is 1.61. The van der Waals surface area contributed by atoms with Crippen LogP contribution in [-0.4, -0.2) is 17.5 Å². The summed E-state index contributed by atoms with van der Waals surface area (Å²) in [4.78, 5) is 25.0. The minimum absolute atomic E-state index is 0.126. The van der Waals surface area contributed by atoms with E-state index in [1.165, 1.54) is 5.01 Å². The maximum atomic E-state index is 12.8. The number of nitrogens with one attached hydrogen (secondary N) is 1. The van der Waals surface area contributed by atoms with Gasteiger partial charge in [-0.1, -0.05) is 52.3 Å². The molecule has 0 fully saturated rings. The lowest BCUT2D eigenvalue weighted by atomic mass is 10.1. The molecule has 27 heavy (non-hydrogen) atoms. The van der Waals surface area contributed by atoms with Gasteiger partial charge in [0.05, 0.1) is 5.69 Å². The highest BCUT2D eigenvalue weighted by molar-refractivity contribution is 9.10.